The monoisotopic (exact) mass is 701 g/mol. The van der Waals surface area contributed by atoms with Crippen LogP contribution in [-0.4, -0.2) is 81.2 Å². The molecule has 3 rings (SSSR count). The number of nitrogens with zero attached hydrogens (tertiary/aromatic N) is 3. The summed E-state index contributed by atoms with van der Waals surface area (Å²) in [7, 11) is -6.88. The zero-order valence-corrected chi connectivity index (χ0v) is 33.7. The Morgan fingerprint density at radius 2 is 1.44 bits per heavy atom. The van der Waals surface area contributed by atoms with Crippen LogP contribution in [-0.2, 0) is 22.8 Å². The van der Waals surface area contributed by atoms with Gasteiger partial charge in [0.05, 0.1) is 12.9 Å². The lowest BCUT2D eigenvalue weighted by molar-refractivity contribution is -0.114. The predicted molar refractivity (Wildman–Crippen MR) is 189 cm³/mol. The van der Waals surface area contributed by atoms with Crippen molar-refractivity contribution in [1.29, 1.82) is 0 Å². The maximum atomic E-state index is 13.0. The molecule has 2 aromatic rings. The maximum absolute atomic E-state index is 13.0. The summed E-state index contributed by atoms with van der Waals surface area (Å²) in [6.07, 6.45) is -0.634. The van der Waals surface area contributed by atoms with Crippen molar-refractivity contribution < 1.29 is 22.8 Å². The molecule has 2 aromatic heterocycles. The highest BCUT2D eigenvalue weighted by Crippen LogP contribution is 2.46. The molecule has 11 nitrogen and oxygen atoms in total. The summed E-state index contributed by atoms with van der Waals surface area (Å²) in [6.45, 7) is 33.6. The number of nitrogens with one attached hydrogen (secondary N) is 2. The topological polar surface area (TPSA) is 130 Å². The van der Waals surface area contributed by atoms with Gasteiger partial charge in [0.25, 0.3) is 5.56 Å². The molecule has 0 spiro atoms. The maximum Gasteiger partial charge on any atom is 0.280 e. The molecule has 1 aliphatic heterocycles. The van der Waals surface area contributed by atoms with E-state index < -0.39 is 61.0 Å². The van der Waals surface area contributed by atoms with E-state index in [2.05, 4.69) is 122 Å². The molecule has 1 saturated heterocycles. The second-order valence-corrected chi connectivity index (χ2v) is 31.3. The fourth-order valence-corrected chi connectivity index (χ4v) is 7.90. The predicted octanol–water partition coefficient (Wildman–Crippen LogP) is 7.00. The minimum absolute atomic E-state index is 0.00714. The highest BCUT2D eigenvalue weighted by molar-refractivity contribution is 6.75. The molecule has 2 unspecified atom stereocenters. The summed E-state index contributed by atoms with van der Waals surface area (Å²) < 4.78 is 29.8. The van der Waals surface area contributed by atoms with E-state index in [0.717, 1.165) is 0 Å². The number of fused-ring (bicyclic) bond motifs is 1. The highest BCUT2D eigenvalue weighted by Gasteiger charge is 2.55. The lowest BCUT2D eigenvalue weighted by atomic mass is 10.1. The molecular weight excluding hydrogens is 646 g/mol. The normalized spacial score (nSPS) is 22.3. The number of alkyl halides is 1. The Morgan fingerprint density at radius 1 is 0.933 bits per heavy atom. The van der Waals surface area contributed by atoms with E-state index in [-0.39, 0.29) is 38.1 Å². The number of H-pyrrole nitrogens is 1. The van der Waals surface area contributed by atoms with Crippen molar-refractivity contribution in [2.75, 3.05) is 17.8 Å². The number of halogens is 1. The lowest BCUT2D eigenvalue weighted by Gasteiger charge is -2.44. The van der Waals surface area contributed by atoms with E-state index >= 15 is 0 Å². The van der Waals surface area contributed by atoms with Crippen molar-refractivity contribution in [2.45, 2.75) is 141 Å². The Kier molecular flexibility index (Phi) is 10.9. The number of aromatic amines is 1. The number of amides is 1. The van der Waals surface area contributed by atoms with Crippen LogP contribution in [0.4, 0.5) is 5.95 Å². The number of aromatic nitrogens is 4. The standard InChI is InChI=1S/C30H56ClN5O6Si3/c1-28(2,3)43(10,11)39-17-19-22(41-44(12,13)29(4,5)6)23(42-45(14,15)30(7,8)9)26(40-19)36-18-32-21-24(36)34-27(35-25(21)38)33-20(37)16-31/h18-19,22-23,26H,16-17H2,1-15H3,(H2,33,34,35,37,38)/t19-,22?,23?,26-/m1/s1. The van der Waals surface area contributed by atoms with E-state index in [1.807, 2.05) is 0 Å². The van der Waals surface area contributed by atoms with Gasteiger partial charge in [0.1, 0.15) is 24.2 Å². The number of carbonyl (C=O) groups excluding carboxylic acids is 1. The third-order valence-electron chi connectivity index (χ3n) is 10.3. The second-order valence-electron chi connectivity index (χ2n) is 16.7. The number of imidazole rings is 1. The zero-order chi connectivity index (χ0) is 34.6. The van der Waals surface area contributed by atoms with Crippen molar-refractivity contribution in [3.05, 3.63) is 16.7 Å². The first-order valence-corrected chi connectivity index (χ1v) is 25.0. The molecule has 45 heavy (non-hydrogen) atoms. The summed E-state index contributed by atoms with van der Waals surface area (Å²) in [5, 5.41) is 2.38. The molecule has 1 amide bonds. The van der Waals surface area contributed by atoms with Crippen LogP contribution in [0.2, 0.25) is 54.4 Å². The summed E-state index contributed by atoms with van der Waals surface area (Å²) in [5.74, 6) is -0.795. The van der Waals surface area contributed by atoms with Crippen LogP contribution in [0.1, 0.15) is 68.5 Å². The number of anilines is 1. The van der Waals surface area contributed by atoms with E-state index in [1.54, 1.807) is 10.9 Å². The van der Waals surface area contributed by atoms with E-state index in [9.17, 15) is 9.59 Å². The number of rotatable bonds is 10. The van der Waals surface area contributed by atoms with E-state index in [0.29, 0.717) is 6.61 Å². The highest BCUT2D eigenvalue weighted by atomic mass is 35.5. The summed E-state index contributed by atoms with van der Waals surface area (Å²) in [6, 6.07) is 0. The average molecular weight is 703 g/mol. The zero-order valence-electron chi connectivity index (χ0n) is 30.0. The van der Waals surface area contributed by atoms with Gasteiger partial charge in [-0.2, -0.15) is 4.98 Å². The Hall–Kier alpha value is -1.40. The third-order valence-corrected chi connectivity index (χ3v) is 24.0. The molecule has 2 N–H and O–H groups in total. The minimum Gasteiger partial charge on any atom is -0.414 e. The van der Waals surface area contributed by atoms with Crippen LogP contribution >= 0.6 is 11.6 Å². The van der Waals surface area contributed by atoms with Crippen LogP contribution in [0.3, 0.4) is 0 Å². The third kappa shape index (κ3) is 8.19. The van der Waals surface area contributed by atoms with Gasteiger partial charge < -0.3 is 18.0 Å². The Balaban J connectivity index is 2.22. The first-order chi connectivity index (χ1) is 20.2. The van der Waals surface area contributed by atoms with Gasteiger partial charge in [-0.3, -0.25) is 24.5 Å². The van der Waals surface area contributed by atoms with Crippen LogP contribution in [0.5, 0.6) is 0 Å². The average Bonchev–Trinajstić information content (AvgIpc) is 3.42. The molecule has 1 fully saturated rings. The molecule has 0 bridgehead atoms. The number of ether oxygens (including phenoxy) is 1. The van der Waals surface area contributed by atoms with Crippen molar-refractivity contribution in [1.82, 2.24) is 19.5 Å². The van der Waals surface area contributed by atoms with Gasteiger partial charge in [-0.1, -0.05) is 62.3 Å². The van der Waals surface area contributed by atoms with Crippen LogP contribution in [0.25, 0.3) is 11.2 Å². The smallest absolute Gasteiger partial charge is 0.280 e. The quantitative estimate of drug-likeness (QED) is 0.200. The lowest BCUT2D eigenvalue weighted by Crippen LogP contribution is -2.54. The van der Waals surface area contributed by atoms with Gasteiger partial charge >= 0.3 is 0 Å². The van der Waals surface area contributed by atoms with Crippen LogP contribution in [0, 0.1) is 0 Å². The van der Waals surface area contributed by atoms with Crippen molar-refractivity contribution in [3.63, 3.8) is 0 Å². The summed E-state index contributed by atoms with van der Waals surface area (Å²) in [5.41, 5.74) is -0.110. The molecule has 0 aliphatic carbocycles. The second kappa shape index (κ2) is 12.9. The molecular formula is C30H56ClN5O6Si3. The first-order valence-electron chi connectivity index (χ1n) is 15.7. The molecule has 15 heteroatoms. The van der Waals surface area contributed by atoms with E-state index in [1.165, 1.54) is 0 Å². The minimum atomic E-state index is -2.39. The molecule has 256 valence electrons. The Bertz CT molecular complexity index is 1420. The molecule has 3 heterocycles. The Labute approximate surface area is 276 Å². The van der Waals surface area contributed by atoms with Crippen molar-refractivity contribution in [2.24, 2.45) is 0 Å². The number of carbonyl (C=O) groups is 1. The fourth-order valence-electron chi connectivity index (χ4n) is 4.21. The Morgan fingerprint density at radius 3 is 1.93 bits per heavy atom. The first kappa shape index (κ1) is 38.1. The van der Waals surface area contributed by atoms with Crippen molar-refractivity contribution >= 4 is 59.6 Å². The summed E-state index contributed by atoms with van der Waals surface area (Å²) in [4.78, 5) is 36.6. The van der Waals surface area contributed by atoms with Gasteiger partial charge in [0.2, 0.25) is 11.9 Å². The molecule has 0 aromatic carbocycles. The fraction of sp³-hybridized carbons (Fsp3) is 0.800. The van der Waals surface area contributed by atoms with Crippen LogP contribution in [0.15, 0.2) is 11.1 Å². The number of hydrogen-bond donors (Lipinski definition) is 2. The van der Waals surface area contributed by atoms with Crippen molar-refractivity contribution in [3.8, 4) is 0 Å². The van der Waals surface area contributed by atoms with Gasteiger partial charge in [0, 0.05) is 0 Å². The number of hydrogen-bond acceptors (Lipinski definition) is 8. The molecule has 0 saturated carbocycles. The largest absolute Gasteiger partial charge is 0.414 e. The van der Waals surface area contributed by atoms with Crippen LogP contribution < -0.4 is 10.9 Å². The SMILES string of the molecule is CC(C)(C)[Si](C)(C)OC[C@H]1O[C@@H](n2cnc3c(=O)[nH]c(NC(=O)CCl)nc32)C(O[Si](C)(C)C(C)(C)C)C1O[Si](C)(C)C(C)(C)C. The summed E-state index contributed by atoms with van der Waals surface area (Å²) >= 11 is 5.70. The molecule has 0 radical (unpaired) electrons. The molecule has 1 aliphatic rings. The van der Waals surface area contributed by atoms with Gasteiger partial charge in [-0.15, -0.1) is 11.6 Å². The van der Waals surface area contributed by atoms with E-state index in [4.69, 9.17) is 29.6 Å². The van der Waals surface area contributed by atoms with Gasteiger partial charge in [0.15, 0.2) is 42.3 Å². The molecule has 4 atom stereocenters. The van der Waals surface area contributed by atoms with Gasteiger partial charge in [-0.05, 0) is 54.4 Å². The van der Waals surface area contributed by atoms with Gasteiger partial charge in [-0.25, -0.2) is 4.98 Å².